The molecule has 166 valence electrons. The fourth-order valence-electron chi connectivity index (χ4n) is 5.43. The van der Waals surface area contributed by atoms with E-state index in [4.69, 9.17) is 4.74 Å². The summed E-state index contributed by atoms with van der Waals surface area (Å²) in [7, 11) is 2.14. The third-order valence-corrected chi connectivity index (χ3v) is 7.73. The number of hydrogen-bond acceptors (Lipinski definition) is 4. The molecule has 3 aliphatic carbocycles. The maximum Gasteiger partial charge on any atom is 0.0749 e. The lowest BCUT2D eigenvalue weighted by molar-refractivity contribution is 0.0946. The minimum Gasteiger partial charge on any atom is -0.392 e. The van der Waals surface area contributed by atoms with Crippen LogP contribution in [0.15, 0.2) is 23.8 Å². The maximum atomic E-state index is 10.5. The molecule has 0 heterocycles. The minimum atomic E-state index is -0.334. The molecule has 4 heteroatoms. The monoisotopic (exact) mass is 405 g/mol. The van der Waals surface area contributed by atoms with E-state index in [1.807, 2.05) is 6.08 Å². The number of aliphatic hydroxyl groups excluding tert-OH is 2. The van der Waals surface area contributed by atoms with E-state index in [2.05, 4.69) is 44.9 Å². The number of likely N-dealkylation sites (N-methyl/N-ethyl adjacent to an activating group) is 1. The molecule has 0 radical (unpaired) electrons. The summed E-state index contributed by atoms with van der Waals surface area (Å²) in [5.74, 6) is 1.73. The van der Waals surface area contributed by atoms with E-state index in [0.29, 0.717) is 24.4 Å². The number of rotatable bonds is 8. The van der Waals surface area contributed by atoms with E-state index in [-0.39, 0.29) is 23.7 Å². The Bertz CT molecular complexity index is 573. The van der Waals surface area contributed by atoms with Crippen LogP contribution >= 0.6 is 0 Å². The Labute approximate surface area is 178 Å². The van der Waals surface area contributed by atoms with Gasteiger partial charge in [0.2, 0.25) is 0 Å². The van der Waals surface area contributed by atoms with E-state index in [9.17, 15) is 10.2 Å². The summed E-state index contributed by atoms with van der Waals surface area (Å²) in [6.07, 6.45) is 13.7. The molecule has 0 aliphatic heterocycles. The van der Waals surface area contributed by atoms with Gasteiger partial charge in [0.15, 0.2) is 0 Å². The molecule has 3 rings (SSSR count). The molecule has 0 spiro atoms. The van der Waals surface area contributed by atoms with Gasteiger partial charge < -0.3 is 14.9 Å². The normalized spacial score (nSPS) is 33.4. The quantitative estimate of drug-likeness (QED) is 0.470. The highest BCUT2D eigenvalue weighted by molar-refractivity contribution is 5.18. The molecule has 0 amide bonds. The summed E-state index contributed by atoms with van der Waals surface area (Å²) in [6, 6.07) is 0. The number of allylic oxidation sites excluding steroid dienone is 1. The molecule has 0 aromatic rings. The van der Waals surface area contributed by atoms with Gasteiger partial charge in [0.05, 0.1) is 25.4 Å². The molecule has 3 saturated carbocycles. The molecular weight excluding hydrogens is 362 g/mol. The smallest absolute Gasteiger partial charge is 0.0749 e. The van der Waals surface area contributed by atoms with Gasteiger partial charge in [0, 0.05) is 18.0 Å². The number of fused-ring (bicyclic) bond motifs is 1. The van der Waals surface area contributed by atoms with Gasteiger partial charge in [-0.1, -0.05) is 36.6 Å². The predicted octanol–water partition coefficient (Wildman–Crippen LogP) is 4.17. The van der Waals surface area contributed by atoms with Crippen molar-refractivity contribution < 1.29 is 14.9 Å². The zero-order chi connectivity index (χ0) is 21.0. The molecule has 3 fully saturated rings. The van der Waals surface area contributed by atoms with Crippen LogP contribution < -0.4 is 0 Å². The van der Waals surface area contributed by atoms with Gasteiger partial charge in [-0.05, 0) is 77.7 Å². The van der Waals surface area contributed by atoms with Crippen LogP contribution in [-0.4, -0.2) is 59.7 Å². The van der Waals surface area contributed by atoms with Crippen LogP contribution in [0.1, 0.15) is 65.7 Å². The summed E-state index contributed by atoms with van der Waals surface area (Å²) in [4.78, 5) is 2.32. The van der Waals surface area contributed by atoms with Crippen LogP contribution in [0.5, 0.6) is 0 Å². The Morgan fingerprint density at radius 3 is 2.62 bits per heavy atom. The lowest BCUT2D eigenvalue weighted by atomic mass is 9.89. The predicted molar refractivity (Wildman–Crippen MR) is 119 cm³/mol. The van der Waals surface area contributed by atoms with Crippen LogP contribution in [0.3, 0.4) is 0 Å². The van der Waals surface area contributed by atoms with E-state index in [1.54, 1.807) is 0 Å². The van der Waals surface area contributed by atoms with Gasteiger partial charge >= 0.3 is 0 Å². The fourth-order valence-corrected chi connectivity index (χ4v) is 5.43. The Kier molecular flexibility index (Phi) is 8.00. The summed E-state index contributed by atoms with van der Waals surface area (Å²) in [5, 5.41) is 21.0. The first kappa shape index (κ1) is 23.0. The zero-order valence-corrected chi connectivity index (χ0v) is 19.0. The van der Waals surface area contributed by atoms with E-state index in [1.165, 1.54) is 18.4 Å². The average molecular weight is 406 g/mol. The summed E-state index contributed by atoms with van der Waals surface area (Å²) in [5.41, 5.74) is 1.67. The van der Waals surface area contributed by atoms with Gasteiger partial charge in [-0.15, -0.1) is 0 Å². The van der Waals surface area contributed by atoms with Gasteiger partial charge in [-0.25, -0.2) is 0 Å². The molecule has 2 N–H and O–H groups in total. The van der Waals surface area contributed by atoms with Crippen LogP contribution in [0.25, 0.3) is 0 Å². The van der Waals surface area contributed by atoms with Gasteiger partial charge in [-0.3, -0.25) is 4.90 Å². The highest BCUT2D eigenvalue weighted by atomic mass is 16.5. The molecule has 0 bridgehead atoms. The largest absolute Gasteiger partial charge is 0.392 e. The molecule has 0 aromatic carbocycles. The van der Waals surface area contributed by atoms with Crippen molar-refractivity contribution in [1.82, 2.24) is 4.90 Å². The van der Waals surface area contributed by atoms with Crippen molar-refractivity contribution in [1.29, 1.82) is 0 Å². The molecule has 0 aromatic heterocycles. The van der Waals surface area contributed by atoms with Crippen molar-refractivity contribution in [3.05, 3.63) is 23.8 Å². The molecule has 5 atom stereocenters. The molecule has 29 heavy (non-hydrogen) atoms. The summed E-state index contributed by atoms with van der Waals surface area (Å²) < 4.78 is 5.85. The molecule has 0 saturated heterocycles. The second-order valence-corrected chi connectivity index (χ2v) is 10.7. The zero-order valence-electron chi connectivity index (χ0n) is 19.0. The highest BCUT2D eigenvalue weighted by Crippen LogP contribution is 2.50. The maximum absolute atomic E-state index is 10.5. The van der Waals surface area contributed by atoms with Crippen molar-refractivity contribution in [2.45, 2.75) is 83.5 Å². The number of hydrogen-bond donors (Lipinski definition) is 2. The highest BCUT2D eigenvalue weighted by Gasteiger charge is 2.45. The minimum absolute atomic E-state index is 0.180. The van der Waals surface area contributed by atoms with Crippen molar-refractivity contribution in [3.63, 3.8) is 0 Å². The van der Waals surface area contributed by atoms with Crippen LogP contribution in [0.2, 0.25) is 0 Å². The summed E-state index contributed by atoms with van der Waals surface area (Å²) >= 11 is 0. The van der Waals surface area contributed by atoms with E-state index < -0.39 is 0 Å². The Hall–Kier alpha value is -0.680. The van der Waals surface area contributed by atoms with Crippen LogP contribution in [0.4, 0.5) is 0 Å². The first-order valence-electron chi connectivity index (χ1n) is 11.8. The molecule has 3 aliphatic rings. The molecule has 0 unspecified atom stereocenters. The number of aliphatic hydroxyl groups is 2. The van der Waals surface area contributed by atoms with E-state index >= 15 is 0 Å². The third kappa shape index (κ3) is 6.16. The van der Waals surface area contributed by atoms with Gasteiger partial charge in [0.25, 0.3) is 0 Å². The Morgan fingerprint density at radius 1 is 1.21 bits per heavy atom. The standard InChI is InChI=1S/C25H43NO3/c1-25(2,3)26(4)12-14-29-13-11-18-15-20-17-24(28)21(22(20)16-18)9-10-23(27)19-7-5-6-8-19/h9-11,19-24,27-28H,5-8,12-17H2,1-4H3/b10-9+,18-11+/t20-,21+,22-,23+,24+/m0/s1. The topological polar surface area (TPSA) is 52.9 Å². The SMILES string of the molecule is CN(CCOC/C=C1\C[C@H]2C[C@@H](O)[C@H](/C=C/[C@@H](O)C3CCCC3)[C@H]2C1)C(C)(C)C. The first-order chi connectivity index (χ1) is 13.8. The first-order valence-corrected chi connectivity index (χ1v) is 11.8. The fraction of sp³-hybridized carbons (Fsp3) is 0.840. The Balaban J connectivity index is 1.44. The van der Waals surface area contributed by atoms with Gasteiger partial charge in [0.1, 0.15) is 0 Å². The average Bonchev–Trinajstić information content (AvgIpc) is 3.35. The van der Waals surface area contributed by atoms with Crippen molar-refractivity contribution in [2.24, 2.45) is 23.7 Å². The van der Waals surface area contributed by atoms with E-state index in [0.717, 1.165) is 45.3 Å². The lowest BCUT2D eigenvalue weighted by Gasteiger charge is -2.31. The van der Waals surface area contributed by atoms with Crippen LogP contribution in [-0.2, 0) is 4.74 Å². The van der Waals surface area contributed by atoms with Crippen molar-refractivity contribution in [3.8, 4) is 0 Å². The number of nitrogens with zero attached hydrogens (tertiary/aromatic N) is 1. The molecule has 4 nitrogen and oxygen atoms in total. The second kappa shape index (κ2) is 10.1. The van der Waals surface area contributed by atoms with Crippen molar-refractivity contribution in [2.75, 3.05) is 26.8 Å². The number of ether oxygens (including phenoxy) is 1. The second-order valence-electron chi connectivity index (χ2n) is 10.7. The third-order valence-electron chi connectivity index (χ3n) is 7.73. The lowest BCUT2D eigenvalue weighted by Crippen LogP contribution is -2.40. The van der Waals surface area contributed by atoms with Gasteiger partial charge in [-0.2, -0.15) is 0 Å². The van der Waals surface area contributed by atoms with Crippen molar-refractivity contribution >= 4 is 0 Å². The molecular formula is C25H43NO3. The van der Waals surface area contributed by atoms with Crippen LogP contribution in [0, 0.1) is 23.7 Å². The Morgan fingerprint density at radius 2 is 1.93 bits per heavy atom. The summed E-state index contributed by atoms with van der Waals surface area (Å²) in [6.45, 7) is 9.05.